The number of esters is 1. The minimum atomic E-state index is -5.08. The number of aromatic nitrogens is 3. The topological polar surface area (TPSA) is 180 Å². The number of aliphatic hydroxyl groups excluding tert-OH is 1. The lowest BCUT2D eigenvalue weighted by Gasteiger charge is -2.29. The molecule has 43 heavy (non-hydrogen) atoms. The maximum absolute atomic E-state index is 13.2. The summed E-state index contributed by atoms with van der Waals surface area (Å²) in [5.74, 6) is -2.80. The number of hydrogen-bond acceptors (Lipinski definition) is 10. The number of alkyl halides is 3. The summed E-state index contributed by atoms with van der Waals surface area (Å²) < 4.78 is 44.0. The van der Waals surface area contributed by atoms with Crippen molar-refractivity contribution in [2.24, 2.45) is 0 Å². The Morgan fingerprint density at radius 3 is 2.33 bits per heavy atom. The molecule has 2 aromatic heterocycles. The zero-order chi connectivity index (χ0) is 32.5. The predicted octanol–water partition coefficient (Wildman–Crippen LogP) is 1.50. The van der Waals surface area contributed by atoms with Gasteiger partial charge in [0, 0.05) is 32.7 Å². The second-order valence-corrected chi connectivity index (χ2v) is 10.6. The van der Waals surface area contributed by atoms with Crippen LogP contribution in [0.4, 0.5) is 13.2 Å². The largest absolute Gasteiger partial charge is 0.490 e. The smallest absolute Gasteiger partial charge is 0.475 e. The number of hydrogen-bond donors (Lipinski definition) is 3. The number of ether oxygens (including phenoxy) is 1. The highest BCUT2D eigenvalue weighted by Crippen LogP contribution is 2.25. The molecule has 3 N–H and O–H groups in total. The highest BCUT2D eigenvalue weighted by Gasteiger charge is 2.38. The number of carboxylic acid groups (broad SMARTS) is 1. The molecule has 0 aliphatic carbocycles. The predicted molar refractivity (Wildman–Crippen MR) is 143 cm³/mol. The standard InChI is InChI=1S/C24H36N6O6.C2HF3O2/c1-6-35-20(32)9-10-25-22(33)21(19-8-7-16(2)36-19)28-11-12-29(14-17(31)13-28)23(34)18-15-30(27-26-18)24(3,4)5;3-2(4,5)1(6)7/h7-8,15,17,21,31H,6,9-14H2,1-5H3,(H,25,33);(H,6,7). The molecule has 1 aliphatic heterocycles. The van der Waals surface area contributed by atoms with Crippen molar-refractivity contribution in [3.8, 4) is 0 Å². The van der Waals surface area contributed by atoms with E-state index in [1.807, 2.05) is 20.8 Å². The van der Waals surface area contributed by atoms with E-state index in [1.54, 1.807) is 41.8 Å². The molecule has 2 unspecified atom stereocenters. The monoisotopic (exact) mass is 618 g/mol. The third kappa shape index (κ3) is 10.7. The Balaban J connectivity index is 0.000000821. The van der Waals surface area contributed by atoms with Crippen LogP contribution < -0.4 is 5.32 Å². The number of furan rings is 1. The van der Waals surface area contributed by atoms with Gasteiger partial charge in [0.05, 0.1) is 30.9 Å². The lowest BCUT2D eigenvalue weighted by Crippen LogP contribution is -2.44. The molecule has 1 fully saturated rings. The van der Waals surface area contributed by atoms with Crippen molar-refractivity contribution in [1.82, 2.24) is 30.1 Å². The van der Waals surface area contributed by atoms with Crippen LogP contribution in [0, 0.1) is 6.92 Å². The molecule has 2 aromatic rings. The number of carbonyl (C=O) groups is 4. The lowest BCUT2D eigenvalue weighted by atomic mass is 10.1. The van der Waals surface area contributed by atoms with E-state index in [9.17, 15) is 32.7 Å². The molecule has 2 amide bonds. The van der Waals surface area contributed by atoms with E-state index < -0.39 is 30.3 Å². The molecule has 1 aliphatic rings. The van der Waals surface area contributed by atoms with E-state index in [-0.39, 0.29) is 62.3 Å². The molecule has 0 saturated carbocycles. The van der Waals surface area contributed by atoms with Crippen LogP contribution in [0.3, 0.4) is 0 Å². The van der Waals surface area contributed by atoms with Gasteiger partial charge in [-0.05, 0) is 46.8 Å². The molecular formula is C26H37F3N6O8. The van der Waals surface area contributed by atoms with Crippen molar-refractivity contribution >= 4 is 23.8 Å². The Labute approximate surface area is 245 Å². The van der Waals surface area contributed by atoms with Crippen molar-refractivity contribution in [2.45, 2.75) is 64.9 Å². The molecule has 0 aromatic carbocycles. The number of aryl methyl sites for hydroxylation is 1. The van der Waals surface area contributed by atoms with Gasteiger partial charge in [-0.15, -0.1) is 5.10 Å². The van der Waals surface area contributed by atoms with Gasteiger partial charge >= 0.3 is 18.1 Å². The highest BCUT2D eigenvalue weighted by atomic mass is 19.4. The Morgan fingerprint density at radius 1 is 1.16 bits per heavy atom. The molecule has 0 spiro atoms. The lowest BCUT2D eigenvalue weighted by molar-refractivity contribution is -0.192. The number of β-amino-alcohol motifs (C(OH)–C–C–N with tert-alkyl or cyclic N) is 1. The molecule has 2 atom stereocenters. The number of amides is 2. The summed E-state index contributed by atoms with van der Waals surface area (Å²) >= 11 is 0. The minimum Gasteiger partial charge on any atom is -0.475 e. The number of aliphatic carboxylic acids is 1. The van der Waals surface area contributed by atoms with Gasteiger partial charge in [0.25, 0.3) is 5.91 Å². The van der Waals surface area contributed by atoms with Crippen molar-refractivity contribution in [1.29, 1.82) is 0 Å². The van der Waals surface area contributed by atoms with Crippen LogP contribution >= 0.6 is 0 Å². The van der Waals surface area contributed by atoms with Crippen LogP contribution in [0.25, 0.3) is 0 Å². The SMILES string of the molecule is CCOC(=O)CCNC(=O)C(c1ccc(C)o1)N1CCN(C(=O)c2cn(C(C)(C)C)nn2)CC(O)C1.O=C(O)C(F)(F)F. The van der Waals surface area contributed by atoms with Crippen molar-refractivity contribution in [3.63, 3.8) is 0 Å². The quantitative estimate of drug-likeness (QED) is 0.365. The van der Waals surface area contributed by atoms with Gasteiger partial charge in [0.2, 0.25) is 5.91 Å². The second kappa shape index (κ2) is 15.0. The normalized spacial score (nSPS) is 16.9. The molecule has 3 rings (SSSR count). The van der Waals surface area contributed by atoms with Crippen LogP contribution in [0.1, 0.15) is 62.2 Å². The minimum absolute atomic E-state index is 0.0453. The fourth-order valence-corrected chi connectivity index (χ4v) is 3.98. The molecule has 240 valence electrons. The molecule has 3 heterocycles. The van der Waals surface area contributed by atoms with E-state index in [0.717, 1.165) is 0 Å². The average Bonchev–Trinajstić information content (AvgIpc) is 3.51. The molecule has 0 radical (unpaired) electrons. The van der Waals surface area contributed by atoms with Crippen LogP contribution in [-0.4, -0.2) is 110 Å². The second-order valence-electron chi connectivity index (χ2n) is 10.6. The Hall–Kier alpha value is -3.99. The third-order valence-electron chi connectivity index (χ3n) is 6.04. The maximum atomic E-state index is 13.2. The van der Waals surface area contributed by atoms with E-state index in [2.05, 4.69) is 15.6 Å². The number of carboxylic acids is 1. The summed E-state index contributed by atoms with van der Waals surface area (Å²) in [6.45, 7) is 10.6. The molecule has 1 saturated heterocycles. The molecular weight excluding hydrogens is 581 g/mol. The van der Waals surface area contributed by atoms with Gasteiger partial charge in [0.1, 0.15) is 17.6 Å². The number of nitrogens with zero attached hydrogens (tertiary/aromatic N) is 5. The van der Waals surface area contributed by atoms with Crippen LogP contribution in [-0.2, 0) is 24.7 Å². The van der Waals surface area contributed by atoms with E-state index in [4.69, 9.17) is 19.1 Å². The van der Waals surface area contributed by atoms with E-state index in [1.165, 1.54) is 4.90 Å². The summed E-state index contributed by atoms with van der Waals surface area (Å²) in [7, 11) is 0. The third-order valence-corrected chi connectivity index (χ3v) is 6.04. The fraction of sp³-hybridized carbons (Fsp3) is 0.615. The summed E-state index contributed by atoms with van der Waals surface area (Å²) in [4.78, 5) is 50.2. The first kappa shape index (κ1) is 35.2. The Morgan fingerprint density at radius 2 is 1.81 bits per heavy atom. The summed E-state index contributed by atoms with van der Waals surface area (Å²) in [5, 5.41) is 28.7. The summed E-state index contributed by atoms with van der Waals surface area (Å²) in [5.41, 5.74) is -0.129. The van der Waals surface area contributed by atoms with Gasteiger partial charge in [-0.2, -0.15) is 13.2 Å². The highest BCUT2D eigenvalue weighted by molar-refractivity contribution is 5.92. The Kier molecular flexibility index (Phi) is 12.2. The number of halogens is 3. The van der Waals surface area contributed by atoms with Gasteiger partial charge in [0.15, 0.2) is 5.69 Å². The molecule has 0 bridgehead atoms. The number of rotatable bonds is 8. The zero-order valence-electron chi connectivity index (χ0n) is 24.6. The summed E-state index contributed by atoms with van der Waals surface area (Å²) in [6, 6.07) is 2.64. The van der Waals surface area contributed by atoms with Gasteiger partial charge in [-0.25, -0.2) is 9.48 Å². The maximum Gasteiger partial charge on any atom is 0.490 e. The molecule has 14 nitrogen and oxygen atoms in total. The van der Waals surface area contributed by atoms with Crippen LogP contribution in [0.15, 0.2) is 22.7 Å². The van der Waals surface area contributed by atoms with Crippen molar-refractivity contribution in [2.75, 3.05) is 39.3 Å². The van der Waals surface area contributed by atoms with Crippen molar-refractivity contribution < 1.29 is 51.7 Å². The van der Waals surface area contributed by atoms with Crippen LogP contribution in [0.2, 0.25) is 0 Å². The van der Waals surface area contributed by atoms with E-state index in [0.29, 0.717) is 18.1 Å². The van der Waals surface area contributed by atoms with Gasteiger partial charge in [-0.1, -0.05) is 5.21 Å². The van der Waals surface area contributed by atoms with E-state index >= 15 is 0 Å². The molecule has 17 heteroatoms. The average molecular weight is 619 g/mol. The van der Waals surface area contributed by atoms with Gasteiger partial charge in [-0.3, -0.25) is 19.3 Å². The summed E-state index contributed by atoms with van der Waals surface area (Å²) in [6.07, 6.45) is -4.34. The zero-order valence-corrected chi connectivity index (χ0v) is 24.6. The Bertz CT molecular complexity index is 1260. The number of carbonyl (C=O) groups excluding carboxylic acids is 3. The van der Waals surface area contributed by atoms with Gasteiger partial charge < -0.3 is 29.6 Å². The first-order valence-electron chi connectivity index (χ1n) is 13.4. The number of nitrogens with one attached hydrogen (secondary N) is 1. The van der Waals surface area contributed by atoms with Crippen LogP contribution in [0.5, 0.6) is 0 Å². The first-order chi connectivity index (χ1) is 19.9. The first-order valence-corrected chi connectivity index (χ1v) is 13.4. The van der Waals surface area contributed by atoms with Crippen molar-refractivity contribution in [3.05, 3.63) is 35.5 Å². The number of aliphatic hydroxyl groups is 1. The fourth-order valence-electron chi connectivity index (χ4n) is 3.98.